The van der Waals surface area contributed by atoms with Gasteiger partial charge in [0.25, 0.3) is 5.91 Å². The Balaban J connectivity index is 2.16. The van der Waals surface area contributed by atoms with Gasteiger partial charge in [-0.3, -0.25) is 9.78 Å². The van der Waals surface area contributed by atoms with Gasteiger partial charge in [0.1, 0.15) is 17.1 Å². The van der Waals surface area contributed by atoms with E-state index in [1.54, 1.807) is 12.1 Å². The summed E-state index contributed by atoms with van der Waals surface area (Å²) in [7, 11) is 0. The third-order valence-corrected chi connectivity index (χ3v) is 3.05. The molecular weight excluding hydrogens is 268 g/mol. The summed E-state index contributed by atoms with van der Waals surface area (Å²) in [5, 5.41) is 9.99. The Labute approximate surface area is 120 Å². The molecule has 5 nitrogen and oxygen atoms in total. The van der Waals surface area contributed by atoms with Gasteiger partial charge in [0.05, 0.1) is 5.52 Å². The molecule has 1 aromatic heterocycles. The van der Waals surface area contributed by atoms with E-state index in [9.17, 15) is 9.90 Å². The van der Waals surface area contributed by atoms with Crippen LogP contribution in [0.15, 0.2) is 54.7 Å². The zero-order chi connectivity index (χ0) is 14.8. The van der Waals surface area contributed by atoms with Gasteiger partial charge in [-0.15, -0.1) is 0 Å². The molecule has 0 saturated carbocycles. The van der Waals surface area contributed by atoms with Crippen LogP contribution in [0, 0.1) is 0 Å². The molecular formula is C16H12N2O3. The van der Waals surface area contributed by atoms with Crippen molar-refractivity contribution in [2.24, 2.45) is 5.73 Å². The molecule has 0 aliphatic carbocycles. The third-order valence-electron chi connectivity index (χ3n) is 3.05. The molecule has 0 fully saturated rings. The topological polar surface area (TPSA) is 85.4 Å². The first-order valence-electron chi connectivity index (χ1n) is 6.29. The Hall–Kier alpha value is -3.08. The van der Waals surface area contributed by atoms with E-state index in [1.807, 2.05) is 24.3 Å². The van der Waals surface area contributed by atoms with Gasteiger partial charge in [-0.25, -0.2) is 0 Å². The van der Waals surface area contributed by atoms with Crippen molar-refractivity contribution < 1.29 is 14.6 Å². The number of carbonyl (C=O) groups is 1. The minimum atomic E-state index is -0.609. The van der Waals surface area contributed by atoms with Crippen LogP contribution in [-0.4, -0.2) is 16.0 Å². The van der Waals surface area contributed by atoms with Crippen molar-refractivity contribution in [3.63, 3.8) is 0 Å². The lowest BCUT2D eigenvalue weighted by molar-refractivity contribution is 0.0998. The van der Waals surface area contributed by atoms with Crippen LogP contribution < -0.4 is 10.5 Å². The van der Waals surface area contributed by atoms with Gasteiger partial charge in [0.2, 0.25) is 0 Å². The number of amides is 1. The summed E-state index contributed by atoms with van der Waals surface area (Å²) < 4.78 is 5.79. The van der Waals surface area contributed by atoms with E-state index in [2.05, 4.69) is 4.98 Å². The average Bonchev–Trinajstić information content (AvgIpc) is 2.49. The molecule has 0 radical (unpaired) electrons. The number of phenols is 1. The summed E-state index contributed by atoms with van der Waals surface area (Å²) in [5.74, 6) is 0.379. The number of primary amides is 1. The fourth-order valence-corrected chi connectivity index (χ4v) is 2.03. The molecule has 0 unspecified atom stereocenters. The summed E-state index contributed by atoms with van der Waals surface area (Å²) in [5.41, 5.74) is 6.30. The first kappa shape index (κ1) is 12.9. The number of nitrogens with zero attached hydrogens (tertiary/aromatic N) is 1. The Morgan fingerprint density at radius 2 is 1.81 bits per heavy atom. The SMILES string of the molecule is NC(=O)c1cnc2ccccc2c1Oc1ccc(O)cc1. The molecule has 1 amide bonds. The first-order chi connectivity index (χ1) is 10.1. The number of rotatable bonds is 3. The number of hydrogen-bond acceptors (Lipinski definition) is 4. The number of aromatic nitrogens is 1. The molecule has 21 heavy (non-hydrogen) atoms. The Morgan fingerprint density at radius 3 is 2.52 bits per heavy atom. The maximum absolute atomic E-state index is 11.6. The van der Waals surface area contributed by atoms with E-state index in [0.717, 1.165) is 0 Å². The van der Waals surface area contributed by atoms with E-state index in [0.29, 0.717) is 22.4 Å². The Kier molecular flexibility index (Phi) is 3.16. The smallest absolute Gasteiger partial charge is 0.254 e. The number of aromatic hydroxyl groups is 1. The predicted octanol–water partition coefficient (Wildman–Crippen LogP) is 2.83. The number of hydrogen-bond donors (Lipinski definition) is 2. The maximum atomic E-state index is 11.6. The van der Waals surface area contributed by atoms with Gasteiger partial charge >= 0.3 is 0 Å². The molecule has 0 aliphatic rings. The van der Waals surface area contributed by atoms with Crippen LogP contribution in [0.25, 0.3) is 10.9 Å². The number of benzene rings is 2. The molecule has 0 aliphatic heterocycles. The number of fused-ring (bicyclic) bond motifs is 1. The highest BCUT2D eigenvalue weighted by Crippen LogP contribution is 2.32. The third kappa shape index (κ3) is 2.49. The quantitative estimate of drug-likeness (QED) is 0.772. The summed E-state index contributed by atoms with van der Waals surface area (Å²) in [6, 6.07) is 13.5. The van der Waals surface area contributed by atoms with Crippen molar-refractivity contribution in [2.75, 3.05) is 0 Å². The Bertz CT molecular complexity index is 813. The lowest BCUT2D eigenvalue weighted by Gasteiger charge is -2.12. The van der Waals surface area contributed by atoms with Crippen molar-refractivity contribution in [3.8, 4) is 17.2 Å². The largest absolute Gasteiger partial charge is 0.508 e. The number of para-hydroxylation sites is 1. The van der Waals surface area contributed by atoms with Crippen molar-refractivity contribution in [1.82, 2.24) is 4.98 Å². The van der Waals surface area contributed by atoms with Crippen LogP contribution in [0.3, 0.4) is 0 Å². The van der Waals surface area contributed by atoms with E-state index in [4.69, 9.17) is 10.5 Å². The van der Waals surface area contributed by atoms with Crippen molar-refractivity contribution in [2.45, 2.75) is 0 Å². The number of carbonyl (C=O) groups excluding carboxylic acids is 1. The number of pyridine rings is 1. The standard InChI is InChI=1S/C16H12N2O3/c17-16(20)13-9-18-14-4-2-1-3-12(14)15(13)21-11-7-5-10(19)6-8-11/h1-9,19H,(H2,17,20). The van der Waals surface area contributed by atoms with Crippen LogP contribution >= 0.6 is 0 Å². The normalized spacial score (nSPS) is 10.5. The number of nitrogens with two attached hydrogens (primary N) is 1. The minimum absolute atomic E-state index is 0.136. The fraction of sp³-hybridized carbons (Fsp3) is 0. The molecule has 0 spiro atoms. The molecule has 104 valence electrons. The highest BCUT2D eigenvalue weighted by molar-refractivity contribution is 6.01. The zero-order valence-corrected chi connectivity index (χ0v) is 11.0. The highest BCUT2D eigenvalue weighted by atomic mass is 16.5. The van der Waals surface area contributed by atoms with Crippen LogP contribution in [0.2, 0.25) is 0 Å². The second-order valence-corrected chi connectivity index (χ2v) is 4.48. The van der Waals surface area contributed by atoms with Crippen LogP contribution in [0.4, 0.5) is 0 Å². The summed E-state index contributed by atoms with van der Waals surface area (Å²) in [6.45, 7) is 0. The van der Waals surface area contributed by atoms with E-state index < -0.39 is 5.91 Å². The molecule has 0 atom stereocenters. The molecule has 3 aromatic rings. The van der Waals surface area contributed by atoms with Crippen molar-refractivity contribution >= 4 is 16.8 Å². The fourth-order valence-electron chi connectivity index (χ4n) is 2.03. The minimum Gasteiger partial charge on any atom is -0.508 e. The van der Waals surface area contributed by atoms with Gasteiger partial charge in [0.15, 0.2) is 5.75 Å². The molecule has 5 heteroatoms. The van der Waals surface area contributed by atoms with Crippen molar-refractivity contribution in [3.05, 3.63) is 60.3 Å². The summed E-state index contributed by atoms with van der Waals surface area (Å²) >= 11 is 0. The van der Waals surface area contributed by atoms with Gasteiger partial charge in [-0.1, -0.05) is 12.1 Å². The lowest BCUT2D eigenvalue weighted by Crippen LogP contribution is -2.13. The number of phenolic OH excluding ortho intramolecular Hbond substituents is 1. The number of ether oxygens (including phenoxy) is 1. The molecule has 0 bridgehead atoms. The van der Waals surface area contributed by atoms with Crippen molar-refractivity contribution in [1.29, 1.82) is 0 Å². The maximum Gasteiger partial charge on any atom is 0.254 e. The first-order valence-corrected chi connectivity index (χ1v) is 6.29. The molecule has 3 rings (SSSR count). The molecule has 1 heterocycles. The monoisotopic (exact) mass is 280 g/mol. The predicted molar refractivity (Wildman–Crippen MR) is 78.4 cm³/mol. The van der Waals surface area contributed by atoms with Gasteiger partial charge < -0.3 is 15.6 Å². The second-order valence-electron chi connectivity index (χ2n) is 4.48. The van der Waals surface area contributed by atoms with Gasteiger partial charge in [-0.05, 0) is 36.4 Å². The van der Waals surface area contributed by atoms with E-state index >= 15 is 0 Å². The van der Waals surface area contributed by atoms with Crippen LogP contribution in [0.1, 0.15) is 10.4 Å². The van der Waals surface area contributed by atoms with Crippen LogP contribution in [-0.2, 0) is 0 Å². The van der Waals surface area contributed by atoms with Crippen LogP contribution in [0.5, 0.6) is 17.2 Å². The zero-order valence-electron chi connectivity index (χ0n) is 11.0. The molecule has 3 N–H and O–H groups in total. The van der Waals surface area contributed by atoms with Gasteiger partial charge in [-0.2, -0.15) is 0 Å². The van der Waals surface area contributed by atoms with E-state index in [-0.39, 0.29) is 11.3 Å². The second kappa shape index (κ2) is 5.13. The molecule has 0 saturated heterocycles. The van der Waals surface area contributed by atoms with Gasteiger partial charge in [0, 0.05) is 11.6 Å². The summed E-state index contributed by atoms with van der Waals surface area (Å²) in [6.07, 6.45) is 1.40. The highest BCUT2D eigenvalue weighted by Gasteiger charge is 2.15. The molecule has 2 aromatic carbocycles. The van der Waals surface area contributed by atoms with E-state index in [1.165, 1.54) is 18.3 Å². The lowest BCUT2D eigenvalue weighted by atomic mass is 10.1. The summed E-state index contributed by atoms with van der Waals surface area (Å²) in [4.78, 5) is 15.8. The average molecular weight is 280 g/mol. The Morgan fingerprint density at radius 1 is 1.10 bits per heavy atom.